The van der Waals surface area contributed by atoms with E-state index in [-0.39, 0.29) is 0 Å². The molecule has 0 aromatic heterocycles. The molecule has 0 aliphatic carbocycles. The van der Waals surface area contributed by atoms with Crippen molar-refractivity contribution in [2.24, 2.45) is 0 Å². The minimum Gasteiger partial charge on any atom is -0.497 e. The number of methoxy groups -OCH3 is 2. The molecule has 0 aliphatic heterocycles. The van der Waals surface area contributed by atoms with Crippen LogP contribution in [0.3, 0.4) is 0 Å². The van der Waals surface area contributed by atoms with Crippen molar-refractivity contribution < 1.29 is 9.47 Å². The molecule has 114 valence electrons. The lowest BCUT2D eigenvalue weighted by Gasteiger charge is -2.27. The van der Waals surface area contributed by atoms with Crippen LogP contribution in [-0.4, -0.2) is 51.9 Å². The molecule has 1 aromatic carbocycles. The third kappa shape index (κ3) is 5.49. The molecule has 0 aliphatic rings. The number of likely N-dealkylation sites (N-methyl/N-ethyl adjacent to an activating group) is 2. The van der Waals surface area contributed by atoms with Crippen molar-refractivity contribution >= 4 is 0 Å². The van der Waals surface area contributed by atoms with Crippen LogP contribution in [0.5, 0.6) is 5.75 Å². The Morgan fingerprint density at radius 1 is 1.25 bits per heavy atom. The fourth-order valence-corrected chi connectivity index (χ4v) is 2.25. The van der Waals surface area contributed by atoms with Gasteiger partial charge in [-0.15, -0.1) is 0 Å². The Bertz CT molecular complexity index is 371. The number of benzene rings is 1. The van der Waals surface area contributed by atoms with E-state index in [1.54, 1.807) is 14.2 Å². The highest BCUT2D eigenvalue weighted by atomic mass is 16.5. The molecule has 20 heavy (non-hydrogen) atoms. The molecule has 0 saturated carbocycles. The molecule has 4 nitrogen and oxygen atoms in total. The van der Waals surface area contributed by atoms with Gasteiger partial charge in [0, 0.05) is 26.2 Å². The molecule has 1 rings (SSSR count). The van der Waals surface area contributed by atoms with Crippen LogP contribution in [0.25, 0.3) is 0 Å². The molecule has 0 amide bonds. The van der Waals surface area contributed by atoms with Crippen LogP contribution < -0.4 is 10.1 Å². The SMILES string of the molecule is CCNC(CN(CC)CCOC)c1cccc(OC)c1. The number of nitrogens with one attached hydrogen (secondary N) is 1. The Morgan fingerprint density at radius 2 is 2.05 bits per heavy atom. The largest absolute Gasteiger partial charge is 0.497 e. The highest BCUT2D eigenvalue weighted by molar-refractivity contribution is 5.30. The van der Waals surface area contributed by atoms with Crippen molar-refractivity contribution in [3.63, 3.8) is 0 Å². The monoisotopic (exact) mass is 280 g/mol. The molecular formula is C16H28N2O2. The van der Waals surface area contributed by atoms with Crippen LogP contribution in [0, 0.1) is 0 Å². The maximum Gasteiger partial charge on any atom is 0.119 e. The Hall–Kier alpha value is -1.10. The molecular weight excluding hydrogens is 252 g/mol. The van der Waals surface area contributed by atoms with Crippen molar-refractivity contribution in [2.45, 2.75) is 19.9 Å². The van der Waals surface area contributed by atoms with Crippen LogP contribution in [0.4, 0.5) is 0 Å². The van der Waals surface area contributed by atoms with E-state index in [1.807, 2.05) is 12.1 Å². The summed E-state index contributed by atoms with van der Waals surface area (Å²) in [6, 6.07) is 8.60. The van der Waals surface area contributed by atoms with E-state index in [0.717, 1.165) is 38.5 Å². The second kappa shape index (κ2) is 9.75. The van der Waals surface area contributed by atoms with Gasteiger partial charge < -0.3 is 14.8 Å². The average molecular weight is 280 g/mol. The Morgan fingerprint density at radius 3 is 2.65 bits per heavy atom. The van der Waals surface area contributed by atoms with Gasteiger partial charge in [-0.25, -0.2) is 0 Å². The van der Waals surface area contributed by atoms with Gasteiger partial charge in [-0.2, -0.15) is 0 Å². The molecule has 0 heterocycles. The molecule has 0 spiro atoms. The van der Waals surface area contributed by atoms with E-state index in [4.69, 9.17) is 9.47 Å². The topological polar surface area (TPSA) is 33.7 Å². The van der Waals surface area contributed by atoms with E-state index in [9.17, 15) is 0 Å². The third-order valence-electron chi connectivity index (χ3n) is 3.45. The summed E-state index contributed by atoms with van der Waals surface area (Å²) in [5, 5.41) is 3.55. The number of hydrogen-bond acceptors (Lipinski definition) is 4. The van der Waals surface area contributed by atoms with Crippen molar-refractivity contribution in [3.8, 4) is 5.75 Å². The fourth-order valence-electron chi connectivity index (χ4n) is 2.25. The summed E-state index contributed by atoms with van der Waals surface area (Å²) in [5.74, 6) is 0.908. The predicted octanol–water partition coefficient (Wildman–Crippen LogP) is 2.31. The molecule has 0 fully saturated rings. The second-order valence-corrected chi connectivity index (χ2v) is 4.77. The molecule has 0 saturated heterocycles. The Kier molecular flexibility index (Phi) is 8.26. The minimum absolute atomic E-state index is 0.312. The number of ether oxygens (including phenoxy) is 2. The Balaban J connectivity index is 2.75. The summed E-state index contributed by atoms with van der Waals surface area (Å²) < 4.78 is 10.5. The zero-order valence-electron chi connectivity index (χ0n) is 13.2. The minimum atomic E-state index is 0.312. The van der Waals surface area contributed by atoms with Crippen molar-refractivity contribution in [2.75, 3.05) is 47.0 Å². The second-order valence-electron chi connectivity index (χ2n) is 4.77. The first-order chi connectivity index (χ1) is 9.74. The van der Waals surface area contributed by atoms with Gasteiger partial charge in [0.05, 0.1) is 13.7 Å². The van der Waals surface area contributed by atoms with Crippen molar-refractivity contribution in [3.05, 3.63) is 29.8 Å². The molecule has 4 heteroatoms. The normalized spacial score (nSPS) is 12.7. The first-order valence-corrected chi connectivity index (χ1v) is 7.33. The number of hydrogen-bond donors (Lipinski definition) is 1. The fraction of sp³-hybridized carbons (Fsp3) is 0.625. The highest BCUT2D eigenvalue weighted by Crippen LogP contribution is 2.20. The van der Waals surface area contributed by atoms with Crippen LogP contribution >= 0.6 is 0 Å². The van der Waals surface area contributed by atoms with Gasteiger partial charge in [0.25, 0.3) is 0 Å². The van der Waals surface area contributed by atoms with Gasteiger partial charge in [-0.1, -0.05) is 26.0 Å². The highest BCUT2D eigenvalue weighted by Gasteiger charge is 2.14. The van der Waals surface area contributed by atoms with Crippen LogP contribution in [0.2, 0.25) is 0 Å². The maximum atomic E-state index is 5.32. The van der Waals surface area contributed by atoms with E-state index in [1.165, 1.54) is 5.56 Å². The van der Waals surface area contributed by atoms with E-state index in [2.05, 4.69) is 36.2 Å². The van der Waals surface area contributed by atoms with E-state index >= 15 is 0 Å². The summed E-state index contributed by atoms with van der Waals surface area (Å²) in [6.07, 6.45) is 0. The van der Waals surface area contributed by atoms with Gasteiger partial charge >= 0.3 is 0 Å². The first kappa shape index (κ1) is 17.0. The molecule has 0 bridgehead atoms. The molecule has 1 aromatic rings. The summed E-state index contributed by atoms with van der Waals surface area (Å²) >= 11 is 0. The van der Waals surface area contributed by atoms with Crippen LogP contribution in [0.15, 0.2) is 24.3 Å². The quantitative estimate of drug-likeness (QED) is 0.713. The smallest absolute Gasteiger partial charge is 0.119 e. The van der Waals surface area contributed by atoms with Gasteiger partial charge in [0.2, 0.25) is 0 Å². The number of nitrogens with zero attached hydrogens (tertiary/aromatic N) is 1. The average Bonchev–Trinajstić information content (AvgIpc) is 2.50. The lowest BCUT2D eigenvalue weighted by molar-refractivity contribution is 0.144. The van der Waals surface area contributed by atoms with Gasteiger partial charge in [0.15, 0.2) is 0 Å². The third-order valence-corrected chi connectivity index (χ3v) is 3.45. The summed E-state index contributed by atoms with van der Waals surface area (Å²) in [5.41, 5.74) is 1.27. The zero-order chi connectivity index (χ0) is 14.8. The maximum absolute atomic E-state index is 5.32. The van der Waals surface area contributed by atoms with Crippen molar-refractivity contribution in [1.82, 2.24) is 10.2 Å². The molecule has 1 unspecified atom stereocenters. The van der Waals surface area contributed by atoms with Gasteiger partial charge in [0.1, 0.15) is 5.75 Å². The molecule has 1 N–H and O–H groups in total. The first-order valence-electron chi connectivity index (χ1n) is 7.33. The van der Waals surface area contributed by atoms with Gasteiger partial charge in [-0.3, -0.25) is 4.90 Å². The predicted molar refractivity (Wildman–Crippen MR) is 83.4 cm³/mol. The van der Waals surface area contributed by atoms with E-state index in [0.29, 0.717) is 6.04 Å². The van der Waals surface area contributed by atoms with Crippen LogP contribution in [0.1, 0.15) is 25.5 Å². The summed E-state index contributed by atoms with van der Waals surface area (Å²) in [4.78, 5) is 2.40. The van der Waals surface area contributed by atoms with Gasteiger partial charge in [-0.05, 0) is 30.8 Å². The zero-order valence-corrected chi connectivity index (χ0v) is 13.2. The lowest BCUT2D eigenvalue weighted by Crippen LogP contribution is -2.37. The van der Waals surface area contributed by atoms with Crippen molar-refractivity contribution in [1.29, 1.82) is 0 Å². The van der Waals surface area contributed by atoms with Crippen LogP contribution in [-0.2, 0) is 4.74 Å². The lowest BCUT2D eigenvalue weighted by atomic mass is 10.1. The standard InChI is InChI=1S/C16H28N2O2/c1-5-17-16(13-18(6-2)10-11-19-3)14-8-7-9-15(12-14)20-4/h7-9,12,16-17H,5-6,10-11,13H2,1-4H3. The number of rotatable bonds is 10. The van der Waals surface area contributed by atoms with E-state index < -0.39 is 0 Å². The summed E-state index contributed by atoms with van der Waals surface area (Å²) in [7, 11) is 3.45. The summed E-state index contributed by atoms with van der Waals surface area (Å²) in [6.45, 7) is 8.99. The molecule has 1 atom stereocenters. The molecule has 0 radical (unpaired) electrons. The Labute approximate surface area is 123 Å².